The lowest BCUT2D eigenvalue weighted by molar-refractivity contribution is -0.0170. The third-order valence-corrected chi connectivity index (χ3v) is 6.47. The van der Waals surface area contributed by atoms with E-state index >= 15 is 0 Å². The summed E-state index contributed by atoms with van der Waals surface area (Å²) in [5.74, 6) is 0. The Morgan fingerprint density at radius 2 is 2.14 bits per heavy atom. The molecule has 1 heterocycles. The van der Waals surface area contributed by atoms with E-state index in [0.29, 0.717) is 29.1 Å². The zero-order valence-electron chi connectivity index (χ0n) is 12.5. The van der Waals surface area contributed by atoms with E-state index in [1.165, 1.54) is 4.31 Å². The summed E-state index contributed by atoms with van der Waals surface area (Å²) in [6, 6.07) is 5.19. The van der Waals surface area contributed by atoms with Crippen LogP contribution in [0.1, 0.15) is 19.4 Å². The molecular weight excluding hydrogens is 356 g/mol. The molecule has 0 bridgehead atoms. The van der Waals surface area contributed by atoms with Gasteiger partial charge in [0.25, 0.3) is 0 Å². The molecule has 2 unspecified atom stereocenters. The highest BCUT2D eigenvalue weighted by atomic mass is 79.9. The molecule has 1 aromatic rings. The summed E-state index contributed by atoms with van der Waals surface area (Å²) in [7, 11) is -1.66. The van der Waals surface area contributed by atoms with Crippen LogP contribution < -0.4 is 5.32 Å². The van der Waals surface area contributed by atoms with Crippen LogP contribution >= 0.6 is 15.9 Å². The lowest BCUT2D eigenvalue weighted by Gasteiger charge is -2.35. The van der Waals surface area contributed by atoms with Gasteiger partial charge in [-0.1, -0.05) is 6.07 Å². The molecule has 1 N–H and O–H groups in total. The molecule has 1 fully saturated rings. The van der Waals surface area contributed by atoms with Crippen LogP contribution in [0.25, 0.3) is 0 Å². The molecule has 1 aromatic carbocycles. The normalized spacial score (nSPS) is 24.2. The smallest absolute Gasteiger partial charge is 0.244 e. The molecule has 0 amide bonds. The topological polar surface area (TPSA) is 58.6 Å². The Hall–Kier alpha value is -0.470. The van der Waals surface area contributed by atoms with Gasteiger partial charge >= 0.3 is 0 Å². The molecule has 5 nitrogen and oxygen atoms in total. The number of nitrogens with one attached hydrogen (secondary N) is 1. The van der Waals surface area contributed by atoms with Crippen molar-refractivity contribution < 1.29 is 13.2 Å². The molecule has 0 spiro atoms. The maximum Gasteiger partial charge on any atom is 0.244 e. The zero-order valence-corrected chi connectivity index (χ0v) is 14.9. The summed E-state index contributed by atoms with van der Waals surface area (Å²) < 4.78 is 33.3. The third-order valence-electron chi connectivity index (χ3n) is 3.51. The summed E-state index contributed by atoms with van der Waals surface area (Å²) >= 11 is 3.39. The lowest BCUT2D eigenvalue weighted by Crippen LogP contribution is -2.50. The van der Waals surface area contributed by atoms with Crippen molar-refractivity contribution in [2.45, 2.75) is 37.4 Å². The van der Waals surface area contributed by atoms with Crippen molar-refractivity contribution in [2.24, 2.45) is 0 Å². The summed E-state index contributed by atoms with van der Waals surface area (Å²) in [6.45, 7) is 5.26. The predicted octanol–water partition coefficient (Wildman–Crippen LogP) is 1.97. The molecule has 21 heavy (non-hydrogen) atoms. The first-order chi connectivity index (χ1) is 9.86. The van der Waals surface area contributed by atoms with Crippen molar-refractivity contribution >= 4 is 26.0 Å². The Kier molecular flexibility index (Phi) is 5.43. The van der Waals surface area contributed by atoms with E-state index in [2.05, 4.69) is 21.2 Å². The van der Waals surface area contributed by atoms with Crippen molar-refractivity contribution in [1.82, 2.24) is 9.62 Å². The third kappa shape index (κ3) is 3.65. The van der Waals surface area contributed by atoms with E-state index in [-0.39, 0.29) is 12.1 Å². The number of ether oxygens (including phenoxy) is 1. The fraction of sp³-hybridized carbons (Fsp3) is 0.571. The van der Waals surface area contributed by atoms with Crippen LogP contribution in [0.4, 0.5) is 0 Å². The van der Waals surface area contributed by atoms with Gasteiger partial charge in [-0.3, -0.25) is 0 Å². The molecular formula is C14H21BrN2O3S. The summed E-state index contributed by atoms with van der Waals surface area (Å²) in [5.41, 5.74) is 1.03. The van der Waals surface area contributed by atoms with Crippen LogP contribution in [0.5, 0.6) is 0 Å². The van der Waals surface area contributed by atoms with Gasteiger partial charge in [-0.2, -0.15) is 4.31 Å². The average molecular weight is 377 g/mol. The second-order valence-electron chi connectivity index (χ2n) is 5.36. The van der Waals surface area contributed by atoms with Crippen LogP contribution in [0.15, 0.2) is 27.6 Å². The van der Waals surface area contributed by atoms with Crippen molar-refractivity contribution in [3.63, 3.8) is 0 Å². The monoisotopic (exact) mass is 376 g/mol. The Labute approximate surface area is 134 Å². The van der Waals surface area contributed by atoms with Crippen LogP contribution in [-0.4, -0.2) is 45.1 Å². The van der Waals surface area contributed by atoms with Gasteiger partial charge in [-0.15, -0.1) is 0 Å². The average Bonchev–Trinajstić information content (AvgIpc) is 2.41. The minimum absolute atomic E-state index is 0.0849. The van der Waals surface area contributed by atoms with E-state index < -0.39 is 10.0 Å². The van der Waals surface area contributed by atoms with Crippen LogP contribution in [0, 0.1) is 0 Å². The maximum atomic E-state index is 12.9. The first-order valence-corrected chi connectivity index (χ1v) is 9.16. The van der Waals surface area contributed by atoms with E-state index in [1.807, 2.05) is 33.0 Å². The predicted molar refractivity (Wildman–Crippen MR) is 85.7 cm³/mol. The van der Waals surface area contributed by atoms with Gasteiger partial charge in [0.1, 0.15) is 0 Å². The van der Waals surface area contributed by atoms with E-state index in [0.717, 1.165) is 5.56 Å². The number of rotatable bonds is 4. The summed E-state index contributed by atoms with van der Waals surface area (Å²) in [4.78, 5) is 0.309. The van der Waals surface area contributed by atoms with Gasteiger partial charge in [0.05, 0.1) is 17.6 Å². The molecule has 1 saturated heterocycles. The molecule has 7 heteroatoms. The standard InChI is InChI=1S/C14H21BrN2O3S/c1-10-9-20-11(2)8-17(10)21(18,19)14-5-4-12(7-16-3)6-13(14)15/h4-6,10-11,16H,7-9H2,1-3H3. The molecule has 0 saturated carbocycles. The SMILES string of the molecule is CNCc1ccc(S(=O)(=O)N2CC(C)OCC2C)c(Br)c1. The van der Waals surface area contributed by atoms with E-state index in [4.69, 9.17) is 4.74 Å². The van der Waals surface area contributed by atoms with Crippen molar-refractivity contribution in [3.8, 4) is 0 Å². The Morgan fingerprint density at radius 3 is 2.76 bits per heavy atom. The molecule has 0 radical (unpaired) electrons. The fourth-order valence-electron chi connectivity index (χ4n) is 2.40. The minimum atomic E-state index is -3.52. The Bertz CT molecular complexity index is 606. The van der Waals surface area contributed by atoms with Crippen LogP contribution in [0.3, 0.4) is 0 Å². The van der Waals surface area contributed by atoms with E-state index in [9.17, 15) is 8.42 Å². The first-order valence-electron chi connectivity index (χ1n) is 6.92. The second kappa shape index (κ2) is 6.75. The second-order valence-corrected chi connectivity index (χ2v) is 8.08. The number of hydrogen-bond acceptors (Lipinski definition) is 4. The minimum Gasteiger partial charge on any atom is -0.375 e. The Morgan fingerprint density at radius 1 is 1.43 bits per heavy atom. The highest BCUT2D eigenvalue weighted by Crippen LogP contribution is 2.29. The fourth-order valence-corrected chi connectivity index (χ4v) is 5.18. The molecule has 1 aliphatic rings. The quantitative estimate of drug-likeness (QED) is 0.872. The summed E-state index contributed by atoms with van der Waals surface area (Å²) in [6.07, 6.45) is -0.0849. The molecule has 1 aliphatic heterocycles. The highest BCUT2D eigenvalue weighted by molar-refractivity contribution is 9.10. The van der Waals surface area contributed by atoms with Crippen LogP contribution in [-0.2, 0) is 21.3 Å². The molecule has 2 atom stereocenters. The zero-order chi connectivity index (χ0) is 15.6. The molecule has 118 valence electrons. The van der Waals surface area contributed by atoms with Gasteiger partial charge < -0.3 is 10.1 Å². The van der Waals surface area contributed by atoms with E-state index in [1.54, 1.807) is 6.07 Å². The van der Waals surface area contributed by atoms with Gasteiger partial charge in [0.2, 0.25) is 10.0 Å². The molecule has 0 aliphatic carbocycles. The van der Waals surface area contributed by atoms with Gasteiger partial charge in [-0.25, -0.2) is 8.42 Å². The van der Waals surface area contributed by atoms with Gasteiger partial charge in [-0.05, 0) is 54.5 Å². The number of sulfonamides is 1. The lowest BCUT2D eigenvalue weighted by atomic mass is 10.2. The van der Waals surface area contributed by atoms with Crippen molar-refractivity contribution in [1.29, 1.82) is 0 Å². The number of benzene rings is 1. The first kappa shape index (κ1) is 16.9. The molecule has 0 aromatic heterocycles. The van der Waals surface area contributed by atoms with Crippen molar-refractivity contribution in [2.75, 3.05) is 20.2 Å². The number of halogens is 1. The number of nitrogens with zero attached hydrogens (tertiary/aromatic N) is 1. The van der Waals surface area contributed by atoms with Gasteiger partial charge in [0, 0.05) is 23.6 Å². The molecule has 2 rings (SSSR count). The highest BCUT2D eigenvalue weighted by Gasteiger charge is 2.35. The Balaban J connectivity index is 2.34. The number of morpholine rings is 1. The maximum absolute atomic E-state index is 12.9. The summed E-state index contributed by atoms with van der Waals surface area (Å²) in [5, 5.41) is 3.05. The number of hydrogen-bond donors (Lipinski definition) is 1. The van der Waals surface area contributed by atoms with Crippen LogP contribution in [0.2, 0.25) is 0 Å². The van der Waals surface area contributed by atoms with Crippen molar-refractivity contribution in [3.05, 3.63) is 28.2 Å². The largest absolute Gasteiger partial charge is 0.375 e. The van der Waals surface area contributed by atoms with Gasteiger partial charge in [0.15, 0.2) is 0 Å².